The van der Waals surface area contributed by atoms with Crippen LogP contribution in [0.3, 0.4) is 0 Å². The number of rotatable bonds is 4. The molecule has 0 bridgehead atoms. The summed E-state index contributed by atoms with van der Waals surface area (Å²) in [5, 5.41) is 0. The van der Waals surface area contributed by atoms with Crippen LogP contribution in [0.25, 0.3) is 0 Å². The molecule has 0 aromatic carbocycles. The van der Waals surface area contributed by atoms with Crippen molar-refractivity contribution >= 4 is 11.9 Å². The molecule has 98 valence electrons. The molecule has 0 spiro atoms. The molecule has 1 aliphatic carbocycles. The SMILES string of the molecule is CCOC(=O)/C=C1\O/C(=C\C(=O)OCC)C2CC12. The van der Waals surface area contributed by atoms with Gasteiger partial charge in [-0.2, -0.15) is 0 Å². The van der Waals surface area contributed by atoms with Crippen LogP contribution in [-0.4, -0.2) is 25.2 Å². The number of hydrogen-bond donors (Lipinski definition) is 0. The van der Waals surface area contributed by atoms with Crippen molar-refractivity contribution in [3.8, 4) is 0 Å². The van der Waals surface area contributed by atoms with Gasteiger partial charge in [-0.25, -0.2) is 9.59 Å². The van der Waals surface area contributed by atoms with Crippen molar-refractivity contribution in [2.75, 3.05) is 13.2 Å². The lowest BCUT2D eigenvalue weighted by Gasteiger charge is -2.05. The first-order valence-corrected chi connectivity index (χ1v) is 6.10. The second-order valence-corrected chi connectivity index (χ2v) is 4.15. The molecule has 1 saturated heterocycles. The van der Waals surface area contributed by atoms with E-state index >= 15 is 0 Å². The molecular formula is C13H16O5. The van der Waals surface area contributed by atoms with E-state index < -0.39 is 11.9 Å². The normalized spacial score (nSPS) is 28.8. The maximum Gasteiger partial charge on any atom is 0.334 e. The van der Waals surface area contributed by atoms with Gasteiger partial charge in [-0.1, -0.05) is 0 Å². The predicted octanol–water partition coefficient (Wildman–Crippen LogP) is 1.55. The third-order valence-electron chi connectivity index (χ3n) is 2.85. The van der Waals surface area contributed by atoms with Crippen LogP contribution in [0.15, 0.2) is 23.7 Å². The Morgan fingerprint density at radius 2 is 1.56 bits per heavy atom. The minimum absolute atomic E-state index is 0.218. The van der Waals surface area contributed by atoms with E-state index in [4.69, 9.17) is 14.2 Å². The van der Waals surface area contributed by atoms with Gasteiger partial charge in [0.15, 0.2) is 0 Å². The van der Waals surface area contributed by atoms with Gasteiger partial charge in [0.25, 0.3) is 0 Å². The van der Waals surface area contributed by atoms with E-state index in [1.807, 2.05) is 0 Å². The Labute approximate surface area is 105 Å². The Balaban J connectivity index is 2.00. The maximum atomic E-state index is 11.3. The van der Waals surface area contributed by atoms with E-state index in [1.165, 1.54) is 12.2 Å². The van der Waals surface area contributed by atoms with Crippen molar-refractivity contribution in [1.82, 2.24) is 0 Å². The first kappa shape index (κ1) is 12.7. The summed E-state index contributed by atoms with van der Waals surface area (Å²) in [5.41, 5.74) is 0. The van der Waals surface area contributed by atoms with Crippen LogP contribution in [0.4, 0.5) is 0 Å². The molecule has 18 heavy (non-hydrogen) atoms. The zero-order chi connectivity index (χ0) is 13.1. The minimum atomic E-state index is -0.407. The van der Waals surface area contributed by atoms with Crippen LogP contribution in [0.5, 0.6) is 0 Å². The van der Waals surface area contributed by atoms with Gasteiger partial charge in [0.2, 0.25) is 0 Å². The average molecular weight is 252 g/mol. The van der Waals surface area contributed by atoms with Gasteiger partial charge in [-0.05, 0) is 20.3 Å². The number of allylic oxidation sites excluding steroid dienone is 2. The second kappa shape index (κ2) is 5.25. The number of carbonyl (C=O) groups is 2. The van der Waals surface area contributed by atoms with Crippen molar-refractivity contribution in [2.45, 2.75) is 20.3 Å². The van der Waals surface area contributed by atoms with Gasteiger partial charge in [0, 0.05) is 11.8 Å². The number of fused-ring (bicyclic) bond motifs is 1. The monoisotopic (exact) mass is 252 g/mol. The standard InChI is InChI=1S/C13H16O5/c1-3-16-12(14)6-10-8-5-9(8)11(18-10)7-13(15)17-4-2/h6-9H,3-5H2,1-2H3/b10-6-,11-7-. The third kappa shape index (κ3) is 2.72. The Bertz CT molecular complexity index is 383. The van der Waals surface area contributed by atoms with Crippen molar-refractivity contribution in [3.63, 3.8) is 0 Å². The minimum Gasteiger partial charge on any atom is -0.465 e. The molecule has 5 nitrogen and oxygen atoms in total. The van der Waals surface area contributed by atoms with Crippen LogP contribution >= 0.6 is 0 Å². The molecule has 0 aromatic heterocycles. The molecule has 2 fully saturated rings. The molecule has 2 rings (SSSR count). The lowest BCUT2D eigenvalue weighted by molar-refractivity contribution is -0.138. The summed E-state index contributed by atoms with van der Waals surface area (Å²) < 4.78 is 15.1. The molecule has 0 amide bonds. The first-order valence-electron chi connectivity index (χ1n) is 6.10. The lowest BCUT2D eigenvalue weighted by Crippen LogP contribution is -2.03. The predicted molar refractivity (Wildman–Crippen MR) is 62.1 cm³/mol. The smallest absolute Gasteiger partial charge is 0.334 e. The third-order valence-corrected chi connectivity index (χ3v) is 2.85. The van der Waals surface area contributed by atoms with Gasteiger partial charge >= 0.3 is 11.9 Å². The maximum absolute atomic E-state index is 11.3. The zero-order valence-corrected chi connectivity index (χ0v) is 10.5. The molecule has 5 heteroatoms. The molecule has 1 heterocycles. The number of hydrogen-bond acceptors (Lipinski definition) is 5. The van der Waals surface area contributed by atoms with E-state index in [9.17, 15) is 9.59 Å². The quantitative estimate of drug-likeness (QED) is 0.561. The van der Waals surface area contributed by atoms with E-state index in [0.717, 1.165) is 6.42 Å². The molecule has 2 atom stereocenters. The highest BCUT2D eigenvalue weighted by molar-refractivity contribution is 5.84. The summed E-state index contributed by atoms with van der Waals surface area (Å²) in [6.45, 7) is 4.17. The van der Waals surface area contributed by atoms with Crippen LogP contribution in [0.2, 0.25) is 0 Å². The molecule has 0 aromatic rings. The van der Waals surface area contributed by atoms with E-state index in [2.05, 4.69) is 0 Å². The first-order chi connectivity index (χ1) is 8.65. The van der Waals surface area contributed by atoms with Crippen molar-refractivity contribution < 1.29 is 23.8 Å². The molecule has 2 aliphatic rings. The Hall–Kier alpha value is -1.78. The second-order valence-electron chi connectivity index (χ2n) is 4.15. The lowest BCUT2D eigenvalue weighted by atomic mass is 10.2. The number of esters is 2. The topological polar surface area (TPSA) is 61.8 Å². The van der Waals surface area contributed by atoms with Crippen molar-refractivity contribution in [3.05, 3.63) is 23.7 Å². The van der Waals surface area contributed by atoms with Crippen LogP contribution < -0.4 is 0 Å². The highest BCUT2D eigenvalue weighted by Crippen LogP contribution is 2.56. The van der Waals surface area contributed by atoms with Crippen molar-refractivity contribution in [1.29, 1.82) is 0 Å². The molecule has 0 radical (unpaired) electrons. The molecule has 1 saturated carbocycles. The van der Waals surface area contributed by atoms with E-state index in [1.54, 1.807) is 13.8 Å². The van der Waals surface area contributed by atoms with Crippen LogP contribution in [0.1, 0.15) is 20.3 Å². The fourth-order valence-electron chi connectivity index (χ4n) is 1.98. The van der Waals surface area contributed by atoms with Gasteiger partial charge in [0.05, 0.1) is 25.4 Å². The number of ether oxygens (including phenoxy) is 3. The Morgan fingerprint density at radius 3 is 1.94 bits per heavy atom. The highest BCUT2D eigenvalue weighted by atomic mass is 16.5. The summed E-state index contributed by atoms with van der Waals surface area (Å²) in [6.07, 6.45) is 3.64. The summed E-state index contributed by atoms with van der Waals surface area (Å²) >= 11 is 0. The number of carbonyl (C=O) groups excluding carboxylic acids is 2. The fourth-order valence-corrected chi connectivity index (χ4v) is 1.98. The Kier molecular flexibility index (Phi) is 3.69. The summed E-state index contributed by atoms with van der Waals surface area (Å²) in [7, 11) is 0. The summed E-state index contributed by atoms with van der Waals surface area (Å²) in [5.74, 6) is 0.805. The molecule has 0 N–H and O–H groups in total. The van der Waals surface area contributed by atoms with Gasteiger partial charge < -0.3 is 14.2 Å². The Morgan fingerprint density at radius 1 is 1.11 bits per heavy atom. The highest BCUT2D eigenvalue weighted by Gasteiger charge is 2.51. The summed E-state index contributed by atoms with van der Waals surface area (Å²) in [4.78, 5) is 22.6. The van der Waals surface area contributed by atoms with Crippen LogP contribution in [-0.2, 0) is 23.8 Å². The zero-order valence-electron chi connectivity index (χ0n) is 10.5. The summed E-state index contributed by atoms with van der Waals surface area (Å²) in [6, 6.07) is 0. The molecular weight excluding hydrogens is 236 g/mol. The molecule has 1 aliphatic heterocycles. The van der Waals surface area contributed by atoms with E-state index in [0.29, 0.717) is 24.7 Å². The fraction of sp³-hybridized carbons (Fsp3) is 0.538. The average Bonchev–Trinajstić information content (AvgIpc) is 3.02. The van der Waals surface area contributed by atoms with Crippen LogP contribution in [0, 0.1) is 11.8 Å². The van der Waals surface area contributed by atoms with Gasteiger partial charge in [-0.3, -0.25) is 0 Å². The largest absolute Gasteiger partial charge is 0.465 e. The molecule has 2 unspecified atom stereocenters. The van der Waals surface area contributed by atoms with Gasteiger partial charge in [-0.15, -0.1) is 0 Å². The van der Waals surface area contributed by atoms with Gasteiger partial charge in [0.1, 0.15) is 11.5 Å². The van der Waals surface area contributed by atoms with Crippen molar-refractivity contribution in [2.24, 2.45) is 11.8 Å². The van der Waals surface area contributed by atoms with E-state index in [-0.39, 0.29) is 11.8 Å².